The number of aromatic nitrogens is 2. The van der Waals surface area contributed by atoms with Crippen LogP contribution < -0.4 is 10.00 Å². The molecule has 0 fully saturated rings. The highest BCUT2D eigenvalue weighted by Gasteiger charge is 2.27. The molecule has 1 amide bonds. The van der Waals surface area contributed by atoms with Crippen molar-refractivity contribution < 1.29 is 9.48 Å². The van der Waals surface area contributed by atoms with E-state index in [1.165, 1.54) is 0 Å². The second-order valence-electron chi connectivity index (χ2n) is 5.14. The van der Waals surface area contributed by atoms with E-state index in [2.05, 4.69) is 21.2 Å². The second-order valence-corrected chi connectivity index (χ2v) is 6.89. The fourth-order valence-electron chi connectivity index (χ4n) is 2.51. The fraction of sp³-hybridized carbons (Fsp3) is 0.125. The third-order valence-corrected chi connectivity index (χ3v) is 4.77. The molecule has 4 nitrogen and oxygen atoms in total. The molecule has 2 aromatic carbocycles. The minimum atomic E-state index is -0.236. The summed E-state index contributed by atoms with van der Waals surface area (Å²) in [5, 5.41) is 4.61. The van der Waals surface area contributed by atoms with Crippen molar-refractivity contribution in [3.05, 3.63) is 56.6 Å². The van der Waals surface area contributed by atoms with Gasteiger partial charge in [-0.2, -0.15) is 4.68 Å². The minimum absolute atomic E-state index is 0.236. The zero-order valence-electron chi connectivity index (χ0n) is 12.4. The third-order valence-electron chi connectivity index (χ3n) is 3.73. The van der Waals surface area contributed by atoms with Gasteiger partial charge in [0.15, 0.2) is 7.05 Å². The van der Waals surface area contributed by atoms with E-state index in [1.807, 2.05) is 37.0 Å². The summed E-state index contributed by atoms with van der Waals surface area (Å²) < 4.78 is 4.63. The van der Waals surface area contributed by atoms with E-state index in [4.69, 9.17) is 23.2 Å². The van der Waals surface area contributed by atoms with E-state index < -0.39 is 0 Å². The van der Waals surface area contributed by atoms with Crippen molar-refractivity contribution in [1.29, 1.82) is 0 Å². The predicted octanol–water partition coefficient (Wildman–Crippen LogP) is 4.32. The minimum Gasteiger partial charge on any atom is -0.315 e. The summed E-state index contributed by atoms with van der Waals surface area (Å²) in [6, 6.07) is 10.8. The molecule has 1 N–H and O–H groups in total. The summed E-state index contributed by atoms with van der Waals surface area (Å²) in [4.78, 5) is 12.8. The van der Waals surface area contributed by atoms with Gasteiger partial charge in [0.05, 0.1) is 23.1 Å². The summed E-state index contributed by atoms with van der Waals surface area (Å²) in [6.45, 7) is 0. The average Bonchev–Trinajstić information content (AvgIpc) is 2.73. The van der Waals surface area contributed by atoms with Gasteiger partial charge in [0.25, 0.3) is 0 Å². The van der Waals surface area contributed by atoms with Crippen LogP contribution in [0.1, 0.15) is 10.5 Å². The summed E-state index contributed by atoms with van der Waals surface area (Å²) in [5.74, 6) is -0.236. The van der Waals surface area contributed by atoms with Gasteiger partial charge in [-0.15, -0.1) is 4.68 Å². The Kier molecular flexibility index (Phi) is 4.36. The van der Waals surface area contributed by atoms with Crippen LogP contribution in [-0.4, -0.2) is 10.6 Å². The smallest absolute Gasteiger partial charge is 0.315 e. The molecule has 0 saturated carbocycles. The first-order valence-electron chi connectivity index (χ1n) is 6.79. The lowest BCUT2D eigenvalue weighted by molar-refractivity contribution is -0.750. The molecule has 1 heterocycles. The Labute approximate surface area is 151 Å². The maximum atomic E-state index is 12.8. The number of amides is 1. The Bertz CT molecular complexity index is 937. The van der Waals surface area contributed by atoms with Crippen LogP contribution in [0.4, 0.5) is 5.69 Å². The molecule has 7 heteroatoms. The van der Waals surface area contributed by atoms with E-state index in [-0.39, 0.29) is 5.91 Å². The number of carbonyl (C=O) groups is 1. The van der Waals surface area contributed by atoms with Gasteiger partial charge in [0.2, 0.25) is 0 Å². The molecule has 118 valence electrons. The Morgan fingerprint density at radius 2 is 1.96 bits per heavy atom. The molecule has 23 heavy (non-hydrogen) atoms. The number of nitrogens with one attached hydrogen (secondary N) is 1. The number of carbonyl (C=O) groups excluding carboxylic acids is 1. The molecular formula is C16H13BrCl2N3O+. The van der Waals surface area contributed by atoms with Gasteiger partial charge < -0.3 is 5.32 Å². The zero-order chi connectivity index (χ0) is 16.7. The van der Waals surface area contributed by atoms with Gasteiger partial charge in [0.1, 0.15) is 5.52 Å². The number of fused-ring (bicyclic) bond motifs is 1. The Morgan fingerprint density at radius 1 is 1.22 bits per heavy atom. The molecule has 0 unspecified atom stereocenters. The van der Waals surface area contributed by atoms with Gasteiger partial charge in [-0.1, -0.05) is 39.1 Å². The first-order valence-corrected chi connectivity index (χ1v) is 8.34. The maximum Gasteiger partial charge on any atom is 0.323 e. The lowest BCUT2D eigenvalue weighted by Crippen LogP contribution is -2.43. The SMILES string of the molecule is Cn1c2ccc(Br)cc2c(C(=O)Nc2ccc(Cl)cc2Cl)[n+]1C. The summed E-state index contributed by atoms with van der Waals surface area (Å²) in [7, 11) is 3.74. The third kappa shape index (κ3) is 2.96. The standard InChI is InChI=1S/C16H12BrCl2N3O/c1-21-14-6-3-9(17)7-11(14)15(22(21)2)16(23)20-13-5-4-10(18)8-12(13)19/h3-8H,1-2H3/p+1. The van der Waals surface area contributed by atoms with Crippen LogP contribution in [0.15, 0.2) is 40.9 Å². The van der Waals surface area contributed by atoms with Crippen LogP contribution in [-0.2, 0) is 14.1 Å². The van der Waals surface area contributed by atoms with E-state index in [1.54, 1.807) is 22.9 Å². The number of aryl methyl sites for hydroxylation is 1. The van der Waals surface area contributed by atoms with Crippen LogP contribution in [0.5, 0.6) is 0 Å². The highest BCUT2D eigenvalue weighted by molar-refractivity contribution is 9.10. The maximum absolute atomic E-state index is 12.8. The molecule has 3 rings (SSSR count). The molecule has 1 aromatic heterocycles. The van der Waals surface area contributed by atoms with Crippen LogP contribution in [0.3, 0.4) is 0 Å². The van der Waals surface area contributed by atoms with Crippen molar-refractivity contribution in [2.45, 2.75) is 0 Å². The number of nitrogens with zero attached hydrogens (tertiary/aromatic N) is 2. The molecule has 0 aliphatic rings. The number of anilines is 1. The molecule has 0 aliphatic carbocycles. The Balaban J connectivity index is 2.07. The molecule has 3 aromatic rings. The first-order chi connectivity index (χ1) is 10.9. The van der Waals surface area contributed by atoms with Crippen LogP contribution >= 0.6 is 39.1 Å². The topological polar surface area (TPSA) is 37.9 Å². The largest absolute Gasteiger partial charge is 0.323 e. The van der Waals surface area contributed by atoms with E-state index >= 15 is 0 Å². The summed E-state index contributed by atoms with van der Waals surface area (Å²) in [6.07, 6.45) is 0. The zero-order valence-corrected chi connectivity index (χ0v) is 15.5. The Morgan fingerprint density at radius 3 is 2.65 bits per heavy atom. The van der Waals surface area contributed by atoms with Crippen molar-refractivity contribution in [2.75, 3.05) is 5.32 Å². The van der Waals surface area contributed by atoms with E-state index in [0.29, 0.717) is 21.4 Å². The van der Waals surface area contributed by atoms with Crippen LogP contribution in [0.25, 0.3) is 10.9 Å². The van der Waals surface area contributed by atoms with Crippen molar-refractivity contribution in [3.8, 4) is 0 Å². The van der Waals surface area contributed by atoms with Crippen LogP contribution in [0, 0.1) is 0 Å². The fourth-order valence-corrected chi connectivity index (χ4v) is 3.32. The second kappa shape index (κ2) is 6.15. The van der Waals surface area contributed by atoms with E-state index in [9.17, 15) is 4.79 Å². The molecular weight excluding hydrogens is 401 g/mol. The number of benzene rings is 2. The highest BCUT2D eigenvalue weighted by atomic mass is 79.9. The highest BCUT2D eigenvalue weighted by Crippen LogP contribution is 2.27. The number of hydrogen-bond acceptors (Lipinski definition) is 1. The summed E-state index contributed by atoms with van der Waals surface area (Å²) >= 11 is 15.5. The van der Waals surface area contributed by atoms with Gasteiger partial charge in [0, 0.05) is 9.50 Å². The molecule has 0 saturated heterocycles. The summed E-state index contributed by atoms with van der Waals surface area (Å²) in [5.41, 5.74) is 2.03. The van der Waals surface area contributed by atoms with Gasteiger partial charge in [-0.05, 0) is 36.4 Å². The molecule has 0 aliphatic heterocycles. The van der Waals surface area contributed by atoms with Gasteiger partial charge in [-0.25, -0.2) is 0 Å². The average molecular weight is 414 g/mol. The number of halogens is 3. The van der Waals surface area contributed by atoms with Crippen molar-refractivity contribution in [2.24, 2.45) is 14.1 Å². The van der Waals surface area contributed by atoms with Crippen molar-refractivity contribution in [3.63, 3.8) is 0 Å². The monoisotopic (exact) mass is 412 g/mol. The molecule has 0 radical (unpaired) electrons. The first kappa shape index (κ1) is 16.3. The quantitative estimate of drug-likeness (QED) is 0.624. The van der Waals surface area contributed by atoms with Crippen molar-refractivity contribution >= 4 is 61.6 Å². The predicted molar refractivity (Wildman–Crippen MR) is 96.2 cm³/mol. The molecule has 0 atom stereocenters. The van der Waals surface area contributed by atoms with Crippen LogP contribution in [0.2, 0.25) is 10.0 Å². The molecule has 0 spiro atoms. The Hall–Kier alpha value is -1.56. The number of hydrogen-bond donors (Lipinski definition) is 1. The molecule has 0 bridgehead atoms. The normalized spacial score (nSPS) is 11.0. The lowest BCUT2D eigenvalue weighted by atomic mass is 10.2. The van der Waals surface area contributed by atoms with E-state index in [0.717, 1.165) is 15.4 Å². The lowest BCUT2D eigenvalue weighted by Gasteiger charge is -2.05. The van der Waals surface area contributed by atoms with Gasteiger partial charge in [-0.3, -0.25) is 4.79 Å². The van der Waals surface area contributed by atoms with Gasteiger partial charge >= 0.3 is 11.6 Å². The number of rotatable bonds is 2. The van der Waals surface area contributed by atoms with Crippen molar-refractivity contribution in [1.82, 2.24) is 4.68 Å².